The number of carbonyl (C=O) groups is 1. The number of carbonyl (C=O) groups excluding carboxylic acids is 1. The predicted molar refractivity (Wildman–Crippen MR) is 35.1 cm³/mol. The molecule has 2 fully saturated rings. The molecule has 0 bridgehead atoms. The molecule has 2 rings (SSSR count). The normalized spacial score (nSPS) is 41.6. The molecule has 0 N–H and O–H groups in total. The number of rotatable bonds is 0. The van der Waals surface area contributed by atoms with Crippen molar-refractivity contribution >= 4 is 5.78 Å². The Kier molecular flexibility index (Phi) is 1.11. The smallest absolute Gasteiger partial charge is 0.133 e. The quantitative estimate of drug-likeness (QED) is 0.481. The van der Waals surface area contributed by atoms with E-state index in [9.17, 15) is 4.79 Å². The minimum atomic E-state index is 0.514. The molecule has 2 atom stereocenters. The molecule has 2 aliphatic carbocycles. The molecular weight excluding hydrogens is 112 g/mol. The van der Waals surface area contributed by atoms with E-state index in [0.29, 0.717) is 5.78 Å². The van der Waals surface area contributed by atoms with Crippen LogP contribution in [0.25, 0.3) is 0 Å². The van der Waals surface area contributed by atoms with E-state index in [-0.39, 0.29) is 0 Å². The highest BCUT2D eigenvalue weighted by atomic mass is 16.1. The van der Waals surface area contributed by atoms with Gasteiger partial charge in [-0.25, -0.2) is 0 Å². The minimum Gasteiger partial charge on any atom is -0.300 e. The van der Waals surface area contributed by atoms with E-state index in [2.05, 4.69) is 0 Å². The lowest BCUT2D eigenvalue weighted by Crippen LogP contribution is -1.95. The lowest BCUT2D eigenvalue weighted by Gasteiger charge is -1.91. The summed E-state index contributed by atoms with van der Waals surface area (Å²) in [7, 11) is 0. The standard InChI is InChI=1S/C8H12O/c9-8-3-1-2-6-4-7(6)5-8/h6-7H,1-5H2. The molecule has 0 aromatic rings. The molecular formula is C8H12O. The first-order valence-corrected chi connectivity index (χ1v) is 3.88. The lowest BCUT2D eigenvalue weighted by molar-refractivity contribution is -0.119. The van der Waals surface area contributed by atoms with Gasteiger partial charge in [-0.15, -0.1) is 0 Å². The van der Waals surface area contributed by atoms with Gasteiger partial charge >= 0.3 is 0 Å². The van der Waals surface area contributed by atoms with Gasteiger partial charge in [0, 0.05) is 12.8 Å². The molecule has 0 aliphatic heterocycles. The molecule has 0 heterocycles. The Morgan fingerprint density at radius 3 is 3.11 bits per heavy atom. The molecule has 1 nitrogen and oxygen atoms in total. The SMILES string of the molecule is O=C1CCCC2CC2C1. The first kappa shape index (κ1) is 5.45. The van der Waals surface area contributed by atoms with Gasteiger partial charge in [0.1, 0.15) is 5.78 Å². The van der Waals surface area contributed by atoms with E-state index in [1.807, 2.05) is 0 Å². The summed E-state index contributed by atoms with van der Waals surface area (Å²) in [5.41, 5.74) is 0. The molecule has 0 radical (unpaired) electrons. The number of hydrogen-bond donors (Lipinski definition) is 0. The Balaban J connectivity index is 1.99. The first-order chi connectivity index (χ1) is 4.36. The Morgan fingerprint density at radius 2 is 2.22 bits per heavy atom. The largest absolute Gasteiger partial charge is 0.300 e. The monoisotopic (exact) mass is 124 g/mol. The fraction of sp³-hybridized carbons (Fsp3) is 0.875. The maximum absolute atomic E-state index is 10.9. The zero-order valence-electron chi connectivity index (χ0n) is 5.60. The summed E-state index contributed by atoms with van der Waals surface area (Å²) >= 11 is 0. The zero-order valence-corrected chi connectivity index (χ0v) is 5.60. The van der Waals surface area contributed by atoms with Gasteiger partial charge < -0.3 is 0 Å². The summed E-state index contributed by atoms with van der Waals surface area (Å²) in [5, 5.41) is 0. The summed E-state index contributed by atoms with van der Waals surface area (Å²) in [6.45, 7) is 0. The number of hydrogen-bond acceptors (Lipinski definition) is 1. The molecule has 1 heteroatoms. The average molecular weight is 124 g/mol. The number of ketones is 1. The molecule has 0 aromatic heterocycles. The van der Waals surface area contributed by atoms with Crippen molar-refractivity contribution in [3.63, 3.8) is 0 Å². The minimum absolute atomic E-state index is 0.514. The summed E-state index contributed by atoms with van der Waals surface area (Å²) < 4.78 is 0. The average Bonchev–Trinajstić information content (AvgIpc) is 2.43. The first-order valence-electron chi connectivity index (χ1n) is 3.88. The van der Waals surface area contributed by atoms with Gasteiger partial charge in [0.25, 0.3) is 0 Å². The molecule has 0 saturated heterocycles. The fourth-order valence-corrected chi connectivity index (χ4v) is 1.87. The predicted octanol–water partition coefficient (Wildman–Crippen LogP) is 1.77. The van der Waals surface area contributed by atoms with E-state index < -0.39 is 0 Å². The summed E-state index contributed by atoms with van der Waals surface area (Å²) in [4.78, 5) is 10.9. The van der Waals surface area contributed by atoms with E-state index in [1.165, 1.54) is 19.3 Å². The second-order valence-electron chi connectivity index (χ2n) is 3.39. The third-order valence-electron chi connectivity index (χ3n) is 2.59. The van der Waals surface area contributed by atoms with Gasteiger partial charge in [-0.05, 0) is 31.1 Å². The van der Waals surface area contributed by atoms with Crippen LogP contribution in [0.2, 0.25) is 0 Å². The van der Waals surface area contributed by atoms with E-state index >= 15 is 0 Å². The molecule has 0 spiro atoms. The van der Waals surface area contributed by atoms with Crippen LogP contribution in [0.5, 0.6) is 0 Å². The van der Waals surface area contributed by atoms with Gasteiger partial charge in [-0.2, -0.15) is 0 Å². The van der Waals surface area contributed by atoms with E-state index in [1.54, 1.807) is 0 Å². The maximum Gasteiger partial charge on any atom is 0.133 e. The van der Waals surface area contributed by atoms with Crippen molar-refractivity contribution in [2.75, 3.05) is 0 Å². The van der Waals surface area contributed by atoms with Crippen LogP contribution in [-0.2, 0) is 4.79 Å². The van der Waals surface area contributed by atoms with E-state index in [0.717, 1.165) is 24.7 Å². The van der Waals surface area contributed by atoms with Crippen molar-refractivity contribution in [1.29, 1.82) is 0 Å². The van der Waals surface area contributed by atoms with Crippen molar-refractivity contribution in [3.05, 3.63) is 0 Å². The lowest BCUT2D eigenvalue weighted by atomic mass is 10.1. The van der Waals surface area contributed by atoms with Crippen molar-refractivity contribution in [2.45, 2.75) is 32.1 Å². The number of fused-ring (bicyclic) bond motifs is 1. The van der Waals surface area contributed by atoms with Gasteiger partial charge in [-0.3, -0.25) is 4.79 Å². The molecule has 0 amide bonds. The van der Waals surface area contributed by atoms with Crippen LogP contribution >= 0.6 is 0 Å². The van der Waals surface area contributed by atoms with Gasteiger partial charge in [-0.1, -0.05) is 0 Å². The Hall–Kier alpha value is -0.330. The van der Waals surface area contributed by atoms with Crippen molar-refractivity contribution in [1.82, 2.24) is 0 Å². The van der Waals surface area contributed by atoms with Gasteiger partial charge in [0.2, 0.25) is 0 Å². The van der Waals surface area contributed by atoms with Crippen LogP contribution in [0.3, 0.4) is 0 Å². The Bertz CT molecular complexity index is 140. The second-order valence-corrected chi connectivity index (χ2v) is 3.39. The van der Waals surface area contributed by atoms with Gasteiger partial charge in [0.05, 0.1) is 0 Å². The molecule has 9 heavy (non-hydrogen) atoms. The van der Waals surface area contributed by atoms with Crippen LogP contribution in [0.15, 0.2) is 0 Å². The highest BCUT2D eigenvalue weighted by Crippen LogP contribution is 2.46. The summed E-state index contributed by atoms with van der Waals surface area (Å²) in [6, 6.07) is 0. The molecule has 50 valence electrons. The molecule has 0 aromatic carbocycles. The third kappa shape index (κ3) is 1.00. The second kappa shape index (κ2) is 1.83. The summed E-state index contributed by atoms with van der Waals surface area (Å²) in [6.07, 6.45) is 5.62. The third-order valence-corrected chi connectivity index (χ3v) is 2.59. The Morgan fingerprint density at radius 1 is 1.33 bits per heavy atom. The molecule has 2 unspecified atom stereocenters. The molecule has 2 saturated carbocycles. The topological polar surface area (TPSA) is 17.1 Å². The van der Waals surface area contributed by atoms with Gasteiger partial charge in [0.15, 0.2) is 0 Å². The highest BCUT2D eigenvalue weighted by Gasteiger charge is 2.39. The van der Waals surface area contributed by atoms with Crippen LogP contribution in [0.1, 0.15) is 32.1 Å². The Labute approximate surface area is 55.4 Å². The van der Waals surface area contributed by atoms with Crippen molar-refractivity contribution in [2.24, 2.45) is 11.8 Å². The van der Waals surface area contributed by atoms with Crippen LogP contribution in [0, 0.1) is 11.8 Å². The summed E-state index contributed by atoms with van der Waals surface area (Å²) in [5.74, 6) is 2.29. The van der Waals surface area contributed by atoms with Crippen LogP contribution in [-0.4, -0.2) is 5.78 Å². The van der Waals surface area contributed by atoms with E-state index in [4.69, 9.17) is 0 Å². The molecule has 2 aliphatic rings. The van der Waals surface area contributed by atoms with Crippen LogP contribution < -0.4 is 0 Å². The zero-order chi connectivity index (χ0) is 6.27. The maximum atomic E-state index is 10.9. The van der Waals surface area contributed by atoms with Crippen molar-refractivity contribution in [3.8, 4) is 0 Å². The highest BCUT2D eigenvalue weighted by molar-refractivity contribution is 5.79. The van der Waals surface area contributed by atoms with Crippen LogP contribution in [0.4, 0.5) is 0 Å². The fourth-order valence-electron chi connectivity index (χ4n) is 1.87. The van der Waals surface area contributed by atoms with Crippen molar-refractivity contribution < 1.29 is 4.79 Å². The number of Topliss-reactive ketones (excluding diaryl/α,β-unsaturated/α-hetero) is 1.